The topological polar surface area (TPSA) is 150 Å². The standard InChI is InChI=1S/C84H76N4O8S4/c1-61-19-43-81(44-20-61)97(89,90)85-53-65-27-35-69(36-28-65)73-15-9-16-74(51-73)70-39-31-67(32-40-70)55-87(99(93,94)83-47-23-63(3)24-48-83)59-79-13-7-8-14-80(79)60-88(100(95,96)84-49-25-64(4)26-50-84)56-68-33-41-72(42-34-68)76-18-10-17-75(52-76)71-37-29-66(30-38-71)54-86(58-78-12-6-5-11-77(78)57-85)98(91,92)82-45-21-62(2)22-46-82/h5-52H,53-60H2,1-4H3. The number of aryl methyl sites for hydroxylation is 4. The van der Waals surface area contributed by atoms with E-state index < -0.39 is 40.1 Å². The molecule has 0 aromatic heterocycles. The summed E-state index contributed by atoms with van der Waals surface area (Å²) in [5.74, 6) is 0. The van der Waals surface area contributed by atoms with Crippen LogP contribution in [-0.4, -0.2) is 50.9 Å². The second-order valence-electron chi connectivity index (χ2n) is 25.8. The van der Waals surface area contributed by atoms with Gasteiger partial charge < -0.3 is 0 Å². The third kappa shape index (κ3) is 15.5. The molecule has 16 heteroatoms. The minimum atomic E-state index is -4.14. The molecule has 12 nitrogen and oxygen atoms in total. The summed E-state index contributed by atoms with van der Waals surface area (Å²) in [6.45, 7) is 7.45. The normalized spacial score (nSPS) is 14.4. The summed E-state index contributed by atoms with van der Waals surface area (Å²) in [5.41, 5.74) is 16.5. The minimum Gasteiger partial charge on any atom is -0.207 e. The lowest BCUT2D eigenvalue weighted by molar-refractivity contribution is 0.385. The van der Waals surface area contributed by atoms with Crippen LogP contribution in [-0.2, 0) is 92.5 Å². The largest absolute Gasteiger partial charge is 0.243 e. The third-order valence-electron chi connectivity index (χ3n) is 18.6. The third-order valence-corrected chi connectivity index (χ3v) is 25.8. The Labute approximate surface area is 589 Å². The highest BCUT2D eigenvalue weighted by molar-refractivity contribution is 7.90. The Morgan fingerprint density at radius 3 is 0.580 bits per heavy atom. The lowest BCUT2D eigenvalue weighted by Gasteiger charge is -2.27. The molecule has 0 spiro atoms. The van der Waals surface area contributed by atoms with Crippen molar-refractivity contribution < 1.29 is 33.7 Å². The van der Waals surface area contributed by atoms with Crippen molar-refractivity contribution in [3.63, 3.8) is 0 Å². The van der Waals surface area contributed by atoms with Crippen LogP contribution in [0.25, 0.3) is 44.5 Å². The molecule has 0 radical (unpaired) electrons. The van der Waals surface area contributed by atoms with Gasteiger partial charge in [0, 0.05) is 52.4 Å². The van der Waals surface area contributed by atoms with E-state index in [0.29, 0.717) is 22.3 Å². The number of sulfonamides is 4. The van der Waals surface area contributed by atoms with E-state index in [4.69, 9.17) is 0 Å². The number of nitrogens with zero attached hydrogens (tertiary/aromatic N) is 4. The predicted molar refractivity (Wildman–Crippen MR) is 398 cm³/mol. The van der Waals surface area contributed by atoms with Gasteiger partial charge in [-0.2, -0.15) is 17.2 Å². The van der Waals surface area contributed by atoms with Crippen molar-refractivity contribution in [1.29, 1.82) is 0 Å². The van der Waals surface area contributed by atoms with Crippen LogP contribution in [0.15, 0.2) is 311 Å². The first kappa shape index (κ1) is 68.8. The van der Waals surface area contributed by atoms with Gasteiger partial charge in [0.2, 0.25) is 40.1 Å². The monoisotopic (exact) mass is 1400 g/mol. The summed E-state index contributed by atoms with van der Waals surface area (Å²) < 4.78 is 126. The first-order chi connectivity index (χ1) is 48.1. The van der Waals surface area contributed by atoms with Gasteiger partial charge in [0.15, 0.2) is 0 Å². The number of hydrogen-bond donors (Lipinski definition) is 0. The highest BCUT2D eigenvalue weighted by atomic mass is 32.2. The Hall–Kier alpha value is -9.72. The van der Waals surface area contributed by atoms with Crippen LogP contribution in [0.3, 0.4) is 0 Å². The van der Waals surface area contributed by atoms with Crippen molar-refractivity contribution in [2.75, 3.05) is 0 Å². The molecule has 0 N–H and O–H groups in total. The minimum absolute atomic E-state index is 0.0118. The number of rotatable bonds is 8. The molecule has 0 aliphatic carbocycles. The summed E-state index contributed by atoms with van der Waals surface area (Å²) in [7, 11) is -16.6. The maximum absolute atomic E-state index is 15.0. The molecular formula is C84H76N4O8S4. The summed E-state index contributed by atoms with van der Waals surface area (Å²) in [6, 6.07) is 89.6. The molecule has 12 aromatic carbocycles. The van der Waals surface area contributed by atoms with Crippen molar-refractivity contribution in [3.8, 4) is 44.5 Å². The molecule has 12 bridgehead atoms. The van der Waals surface area contributed by atoms with E-state index in [0.717, 1.165) is 89.0 Å². The maximum atomic E-state index is 15.0. The van der Waals surface area contributed by atoms with Crippen LogP contribution >= 0.6 is 0 Å². The molecule has 0 unspecified atom stereocenters. The first-order valence-corrected chi connectivity index (χ1v) is 38.9. The zero-order valence-corrected chi connectivity index (χ0v) is 59.3. The molecule has 12 aromatic rings. The van der Waals surface area contributed by atoms with E-state index in [-0.39, 0.29) is 71.9 Å². The second kappa shape index (κ2) is 29.2. The summed E-state index contributed by atoms with van der Waals surface area (Å²) in [5, 5.41) is 0. The smallest absolute Gasteiger partial charge is 0.207 e. The zero-order valence-electron chi connectivity index (χ0n) is 56.1. The average Bonchev–Trinajstić information content (AvgIpc) is 0.796. The quantitative estimate of drug-likeness (QED) is 0.146. The fourth-order valence-electron chi connectivity index (χ4n) is 12.6. The molecule has 19 rings (SSSR count). The van der Waals surface area contributed by atoms with Crippen molar-refractivity contribution in [1.82, 2.24) is 17.2 Å². The van der Waals surface area contributed by atoms with Gasteiger partial charge in [-0.1, -0.05) is 253 Å². The molecule has 0 amide bonds. The lowest BCUT2D eigenvalue weighted by atomic mass is 9.97. The highest BCUT2D eigenvalue weighted by Crippen LogP contribution is 2.35. The van der Waals surface area contributed by atoms with Crippen molar-refractivity contribution in [2.24, 2.45) is 0 Å². The molecule has 0 saturated heterocycles. The van der Waals surface area contributed by atoms with E-state index >= 15 is 33.7 Å². The molecule has 100 heavy (non-hydrogen) atoms. The Kier molecular flexibility index (Phi) is 20.1. The van der Waals surface area contributed by atoms with Crippen molar-refractivity contribution in [2.45, 2.75) is 99.6 Å². The molecule has 0 atom stereocenters. The van der Waals surface area contributed by atoms with Crippen molar-refractivity contribution >= 4 is 40.1 Å². The molecule has 0 saturated carbocycles. The van der Waals surface area contributed by atoms with Crippen LogP contribution in [0.2, 0.25) is 0 Å². The molecule has 504 valence electrons. The Morgan fingerprint density at radius 2 is 0.390 bits per heavy atom. The van der Waals surface area contributed by atoms with E-state index in [1.54, 1.807) is 97.1 Å². The second-order valence-corrected chi connectivity index (χ2v) is 33.6. The fourth-order valence-corrected chi connectivity index (χ4v) is 18.2. The van der Waals surface area contributed by atoms with Gasteiger partial charge in [0.1, 0.15) is 0 Å². The van der Waals surface area contributed by atoms with E-state index in [2.05, 4.69) is 12.1 Å². The van der Waals surface area contributed by atoms with Gasteiger partial charge in [-0.15, -0.1) is 0 Å². The van der Waals surface area contributed by atoms with Gasteiger partial charge in [-0.05, 0) is 177 Å². The van der Waals surface area contributed by atoms with Gasteiger partial charge in [0.05, 0.1) is 19.6 Å². The summed E-state index contributed by atoms with van der Waals surface area (Å²) in [4.78, 5) is 0.550. The lowest BCUT2D eigenvalue weighted by Crippen LogP contribution is -2.33. The SMILES string of the molecule is Cc1ccc(S(=O)(=O)N2Cc3ccc(cc3)-c3cccc(c3)-c3ccc(cc3)CN(S(=O)(=O)c3ccc(C)cc3)Cc3ccccc3CN(S(=O)(=O)c3ccc(C)cc3)Cc3ccc(cc3)-c3cccc(c3)-c3ccc(cc3)CN(S(=O)(=O)c3ccc(C)cc3)Cc3ccccc3C2)cc1. The van der Waals surface area contributed by atoms with Crippen LogP contribution in [0.1, 0.15) is 66.8 Å². The molecule has 7 aliphatic rings. The summed E-state index contributed by atoms with van der Waals surface area (Å²) in [6.07, 6.45) is 0. The van der Waals surface area contributed by atoms with Crippen molar-refractivity contribution in [3.05, 3.63) is 358 Å². The van der Waals surface area contributed by atoms with Crippen LogP contribution < -0.4 is 0 Å². The molecular weight excluding hydrogens is 1320 g/mol. The van der Waals surface area contributed by atoms with Gasteiger partial charge in [-0.3, -0.25) is 0 Å². The molecule has 7 aliphatic heterocycles. The van der Waals surface area contributed by atoms with E-state index in [1.165, 1.54) is 17.2 Å². The van der Waals surface area contributed by atoms with Gasteiger partial charge in [-0.25, -0.2) is 33.7 Å². The number of benzene rings is 12. The van der Waals surface area contributed by atoms with E-state index in [9.17, 15) is 0 Å². The average molecular weight is 1400 g/mol. The Balaban J connectivity index is 0.895. The predicted octanol–water partition coefficient (Wildman–Crippen LogP) is 17.5. The van der Waals surface area contributed by atoms with Gasteiger partial charge in [0.25, 0.3) is 0 Å². The highest BCUT2D eigenvalue weighted by Gasteiger charge is 2.32. The van der Waals surface area contributed by atoms with Crippen LogP contribution in [0.5, 0.6) is 0 Å². The van der Waals surface area contributed by atoms with E-state index in [1.807, 2.05) is 210 Å². The Bertz CT molecular complexity index is 4720. The zero-order chi connectivity index (χ0) is 69.8. The molecule has 0 fully saturated rings. The summed E-state index contributed by atoms with van der Waals surface area (Å²) >= 11 is 0. The number of hydrogen-bond acceptors (Lipinski definition) is 8. The molecule has 7 heterocycles. The van der Waals surface area contributed by atoms with Crippen LogP contribution in [0, 0.1) is 27.7 Å². The van der Waals surface area contributed by atoms with Crippen LogP contribution in [0.4, 0.5) is 0 Å². The fraction of sp³-hybridized carbons (Fsp3) is 0.143. The first-order valence-electron chi connectivity index (χ1n) is 33.1. The maximum Gasteiger partial charge on any atom is 0.243 e. The Morgan fingerprint density at radius 1 is 0.200 bits per heavy atom. The van der Waals surface area contributed by atoms with Gasteiger partial charge >= 0.3 is 0 Å².